The Morgan fingerprint density at radius 1 is 0.636 bits per heavy atom. The normalized spacial score (nSPS) is 19.2. The van der Waals surface area contributed by atoms with Gasteiger partial charge in [0.25, 0.3) is 0 Å². The molecule has 0 N–H and O–H groups in total. The largest absolute Gasteiger partial charge is 0.326 e. The molecule has 0 atom stereocenters. The van der Waals surface area contributed by atoms with Crippen LogP contribution in [0.3, 0.4) is 0 Å². The molecule has 0 unspecified atom stereocenters. The molecule has 1 nitrogen and oxygen atoms in total. The summed E-state index contributed by atoms with van der Waals surface area (Å²) in [6, 6.07) is 0.929. The van der Waals surface area contributed by atoms with Gasteiger partial charge >= 0.3 is 0 Å². The molecule has 1 fully saturated rings. The highest BCUT2D eigenvalue weighted by Gasteiger charge is 2.27. The predicted octanol–water partition coefficient (Wildman–Crippen LogP) is 6.71. The summed E-state index contributed by atoms with van der Waals surface area (Å²) in [7, 11) is 5.01. The van der Waals surface area contributed by atoms with E-state index in [2.05, 4.69) is 21.0 Å². The lowest BCUT2D eigenvalue weighted by atomic mass is 9.95. The van der Waals surface area contributed by atoms with Crippen molar-refractivity contribution in [3.63, 3.8) is 0 Å². The van der Waals surface area contributed by atoms with Crippen molar-refractivity contribution in [3.8, 4) is 0 Å². The molecule has 0 bridgehead atoms. The molecule has 1 aliphatic carbocycles. The minimum atomic E-state index is 0.929. The molecule has 0 spiro atoms. The highest BCUT2D eigenvalue weighted by molar-refractivity contribution is 4.63. The second kappa shape index (κ2) is 12.4. The van der Waals surface area contributed by atoms with Gasteiger partial charge in [-0.2, -0.15) is 0 Å². The summed E-state index contributed by atoms with van der Waals surface area (Å²) in [4.78, 5) is 0. The molecule has 1 rings (SSSR count). The van der Waals surface area contributed by atoms with E-state index in [0.29, 0.717) is 0 Å². The van der Waals surface area contributed by atoms with Crippen LogP contribution in [0.2, 0.25) is 0 Å². The van der Waals surface area contributed by atoms with Gasteiger partial charge in [0.15, 0.2) is 0 Å². The number of quaternary nitrogens is 1. The third kappa shape index (κ3) is 9.18. The first kappa shape index (κ1) is 20.0. The molecule has 0 aromatic rings. The standard InChI is InChI=1S/C21H44N/c1-4-5-6-7-11-14-17-20-22(2,3)21-18-15-12-9-8-10-13-16-19-21/h21H,4-20H2,1-3H3/q+1. The zero-order valence-electron chi connectivity index (χ0n) is 16.0. The van der Waals surface area contributed by atoms with Gasteiger partial charge in [-0.3, -0.25) is 0 Å². The van der Waals surface area contributed by atoms with Crippen LogP contribution in [-0.2, 0) is 0 Å². The van der Waals surface area contributed by atoms with Crippen molar-refractivity contribution < 1.29 is 4.48 Å². The van der Waals surface area contributed by atoms with Crippen molar-refractivity contribution in [3.05, 3.63) is 0 Å². The van der Waals surface area contributed by atoms with Crippen LogP contribution in [0.1, 0.15) is 110 Å². The molecule has 0 aliphatic heterocycles. The van der Waals surface area contributed by atoms with E-state index < -0.39 is 0 Å². The van der Waals surface area contributed by atoms with Crippen molar-refractivity contribution in [1.29, 1.82) is 0 Å². The van der Waals surface area contributed by atoms with E-state index in [0.717, 1.165) is 6.04 Å². The number of hydrogen-bond donors (Lipinski definition) is 0. The maximum atomic E-state index is 2.51. The van der Waals surface area contributed by atoms with Gasteiger partial charge in [0.2, 0.25) is 0 Å². The molecule has 0 heterocycles. The van der Waals surface area contributed by atoms with Gasteiger partial charge in [0.05, 0.1) is 26.7 Å². The average molecular weight is 311 g/mol. The van der Waals surface area contributed by atoms with Crippen LogP contribution in [0.15, 0.2) is 0 Å². The first-order valence-corrected chi connectivity index (χ1v) is 10.5. The Morgan fingerprint density at radius 3 is 1.64 bits per heavy atom. The fraction of sp³-hybridized carbons (Fsp3) is 1.00. The van der Waals surface area contributed by atoms with E-state index in [1.807, 2.05) is 0 Å². The highest BCUT2D eigenvalue weighted by Crippen LogP contribution is 2.24. The number of unbranched alkanes of at least 4 members (excludes halogenated alkanes) is 6. The van der Waals surface area contributed by atoms with Gasteiger partial charge in [-0.05, 0) is 38.5 Å². The lowest BCUT2D eigenvalue weighted by molar-refractivity contribution is -0.916. The summed E-state index contributed by atoms with van der Waals surface area (Å²) in [5.74, 6) is 0. The van der Waals surface area contributed by atoms with Gasteiger partial charge in [-0.25, -0.2) is 0 Å². The van der Waals surface area contributed by atoms with E-state index in [1.54, 1.807) is 0 Å². The highest BCUT2D eigenvalue weighted by atomic mass is 15.3. The summed E-state index contributed by atoms with van der Waals surface area (Å²) in [5, 5.41) is 0. The van der Waals surface area contributed by atoms with Gasteiger partial charge in [0.1, 0.15) is 0 Å². The molecule has 0 saturated heterocycles. The Hall–Kier alpha value is -0.0400. The molecule has 0 aromatic carbocycles. The third-order valence-electron chi connectivity index (χ3n) is 5.90. The van der Waals surface area contributed by atoms with Crippen LogP contribution in [0.25, 0.3) is 0 Å². The van der Waals surface area contributed by atoms with Gasteiger partial charge in [-0.1, -0.05) is 71.1 Å². The second-order valence-electron chi connectivity index (χ2n) is 8.33. The minimum absolute atomic E-state index is 0.929. The van der Waals surface area contributed by atoms with Gasteiger partial charge in [0, 0.05) is 0 Å². The summed E-state index contributed by atoms with van der Waals surface area (Å²) in [5.41, 5.74) is 0. The first-order chi connectivity index (χ1) is 10.7. The van der Waals surface area contributed by atoms with Crippen molar-refractivity contribution in [1.82, 2.24) is 0 Å². The summed E-state index contributed by atoms with van der Waals surface area (Å²) in [6.07, 6.45) is 23.4. The Bertz CT molecular complexity index is 236. The number of hydrogen-bond acceptors (Lipinski definition) is 0. The van der Waals surface area contributed by atoms with Crippen LogP contribution in [0.4, 0.5) is 0 Å². The molecular formula is C21H44N+. The van der Waals surface area contributed by atoms with E-state index in [-0.39, 0.29) is 0 Å². The summed E-state index contributed by atoms with van der Waals surface area (Å²) < 4.78 is 1.29. The Kier molecular flexibility index (Phi) is 11.3. The quantitative estimate of drug-likeness (QED) is 0.328. The summed E-state index contributed by atoms with van der Waals surface area (Å²) in [6.45, 7) is 3.71. The van der Waals surface area contributed by atoms with Crippen LogP contribution >= 0.6 is 0 Å². The first-order valence-electron chi connectivity index (χ1n) is 10.5. The molecule has 1 heteroatoms. The van der Waals surface area contributed by atoms with E-state index in [4.69, 9.17) is 0 Å². The van der Waals surface area contributed by atoms with Gasteiger partial charge in [-0.15, -0.1) is 0 Å². The Morgan fingerprint density at radius 2 is 1.09 bits per heavy atom. The van der Waals surface area contributed by atoms with Crippen molar-refractivity contribution in [2.24, 2.45) is 0 Å². The van der Waals surface area contributed by atoms with Crippen molar-refractivity contribution in [2.75, 3.05) is 20.6 Å². The monoisotopic (exact) mass is 310 g/mol. The number of nitrogens with zero attached hydrogens (tertiary/aromatic N) is 1. The molecule has 1 saturated carbocycles. The lowest BCUT2D eigenvalue weighted by Gasteiger charge is -2.39. The Labute approximate surface area is 141 Å². The van der Waals surface area contributed by atoms with Crippen LogP contribution in [0.5, 0.6) is 0 Å². The summed E-state index contributed by atoms with van der Waals surface area (Å²) >= 11 is 0. The molecule has 0 aromatic heterocycles. The maximum Gasteiger partial charge on any atom is 0.0886 e. The van der Waals surface area contributed by atoms with Crippen LogP contribution in [0, 0.1) is 0 Å². The smallest absolute Gasteiger partial charge is 0.0886 e. The fourth-order valence-electron chi connectivity index (χ4n) is 4.15. The molecule has 0 amide bonds. The molecule has 0 radical (unpaired) electrons. The molecule has 132 valence electrons. The van der Waals surface area contributed by atoms with E-state index in [1.165, 1.54) is 114 Å². The predicted molar refractivity (Wildman–Crippen MR) is 100 cm³/mol. The number of rotatable bonds is 9. The van der Waals surface area contributed by atoms with E-state index in [9.17, 15) is 0 Å². The zero-order valence-corrected chi connectivity index (χ0v) is 16.0. The Balaban J connectivity index is 2.22. The average Bonchev–Trinajstić information content (AvgIpc) is 2.51. The topological polar surface area (TPSA) is 0 Å². The molecule has 1 aliphatic rings. The zero-order chi connectivity index (χ0) is 16.1. The SMILES string of the molecule is CCCCCCCCC[N+](C)(C)C1CCCCCCCCC1. The maximum absolute atomic E-state index is 2.51. The van der Waals surface area contributed by atoms with Crippen molar-refractivity contribution in [2.45, 2.75) is 116 Å². The third-order valence-corrected chi connectivity index (χ3v) is 5.90. The minimum Gasteiger partial charge on any atom is -0.326 e. The van der Waals surface area contributed by atoms with Crippen LogP contribution in [-0.4, -0.2) is 31.2 Å². The molecular weight excluding hydrogens is 266 g/mol. The lowest BCUT2D eigenvalue weighted by Crippen LogP contribution is -2.49. The van der Waals surface area contributed by atoms with Crippen molar-refractivity contribution >= 4 is 0 Å². The van der Waals surface area contributed by atoms with E-state index >= 15 is 0 Å². The molecule has 22 heavy (non-hydrogen) atoms. The second-order valence-corrected chi connectivity index (χ2v) is 8.33. The fourth-order valence-corrected chi connectivity index (χ4v) is 4.15. The van der Waals surface area contributed by atoms with Gasteiger partial charge < -0.3 is 4.48 Å². The van der Waals surface area contributed by atoms with Crippen LogP contribution < -0.4 is 0 Å².